The van der Waals surface area contributed by atoms with E-state index >= 15 is 0 Å². The Bertz CT molecular complexity index is 533. The van der Waals surface area contributed by atoms with E-state index in [4.69, 9.17) is 5.14 Å². The third-order valence-electron chi connectivity index (χ3n) is 2.80. The van der Waals surface area contributed by atoms with E-state index in [0.717, 1.165) is 25.9 Å². The number of hydrogen-bond donors (Lipinski definition) is 1. The second kappa shape index (κ2) is 4.46. The van der Waals surface area contributed by atoms with Crippen molar-refractivity contribution in [1.82, 2.24) is 4.90 Å². The Morgan fingerprint density at radius 3 is 2.47 bits per heavy atom. The van der Waals surface area contributed by atoms with Crippen LogP contribution in [-0.2, 0) is 10.0 Å². The lowest BCUT2D eigenvalue weighted by Crippen LogP contribution is -2.27. The number of hydrogen-bond acceptors (Lipinski definition) is 3. The second-order valence-corrected chi connectivity index (χ2v) is 5.63. The minimum atomic E-state index is -3.75. The standard InChI is InChI=1S/C11H14N2O3S/c12-17(15,16)10-5-3-4-9(8-10)11(14)13-6-1-2-7-13/h3-5,8H,1-2,6-7H2,(H2,12,15,16). The molecule has 0 spiro atoms. The predicted octanol–water partition coefficient (Wildman–Crippen LogP) is 0.570. The second-order valence-electron chi connectivity index (χ2n) is 4.07. The van der Waals surface area contributed by atoms with Crippen molar-refractivity contribution >= 4 is 15.9 Å². The number of amides is 1. The summed E-state index contributed by atoms with van der Waals surface area (Å²) in [7, 11) is -3.75. The van der Waals surface area contributed by atoms with Crippen LogP contribution < -0.4 is 5.14 Å². The highest BCUT2D eigenvalue weighted by atomic mass is 32.2. The van der Waals surface area contributed by atoms with Gasteiger partial charge in [-0.3, -0.25) is 4.79 Å². The number of carbonyl (C=O) groups excluding carboxylic acids is 1. The van der Waals surface area contributed by atoms with Gasteiger partial charge in [0.15, 0.2) is 0 Å². The van der Waals surface area contributed by atoms with E-state index in [0.29, 0.717) is 5.56 Å². The normalized spacial score (nSPS) is 16.2. The molecule has 2 rings (SSSR count). The molecule has 1 aliphatic rings. The summed E-state index contributed by atoms with van der Waals surface area (Å²) in [5.74, 6) is -0.131. The summed E-state index contributed by atoms with van der Waals surface area (Å²) in [6.45, 7) is 1.47. The van der Waals surface area contributed by atoms with Crippen LogP contribution in [0.3, 0.4) is 0 Å². The van der Waals surface area contributed by atoms with E-state index < -0.39 is 10.0 Å². The van der Waals surface area contributed by atoms with Crippen molar-refractivity contribution in [3.63, 3.8) is 0 Å². The molecule has 0 aromatic heterocycles. The van der Waals surface area contributed by atoms with E-state index in [9.17, 15) is 13.2 Å². The molecule has 92 valence electrons. The van der Waals surface area contributed by atoms with E-state index in [-0.39, 0.29) is 10.8 Å². The van der Waals surface area contributed by atoms with Gasteiger partial charge in [-0.25, -0.2) is 13.6 Å². The molecule has 1 aromatic rings. The molecule has 0 radical (unpaired) electrons. The number of benzene rings is 1. The summed E-state index contributed by atoms with van der Waals surface area (Å²) in [4.78, 5) is 13.7. The Morgan fingerprint density at radius 1 is 1.24 bits per heavy atom. The molecule has 1 amide bonds. The van der Waals surface area contributed by atoms with Crippen molar-refractivity contribution < 1.29 is 13.2 Å². The SMILES string of the molecule is NS(=O)(=O)c1cccc(C(=O)N2CCCC2)c1. The minimum absolute atomic E-state index is 0.0254. The van der Waals surface area contributed by atoms with Crippen LogP contribution in [0.15, 0.2) is 29.2 Å². The maximum atomic E-state index is 12.0. The van der Waals surface area contributed by atoms with Gasteiger partial charge in [0, 0.05) is 18.7 Å². The Labute approximate surface area is 100 Å². The molecule has 17 heavy (non-hydrogen) atoms. The number of carbonyl (C=O) groups is 1. The van der Waals surface area contributed by atoms with Crippen molar-refractivity contribution in [1.29, 1.82) is 0 Å². The topological polar surface area (TPSA) is 80.5 Å². The van der Waals surface area contributed by atoms with Gasteiger partial charge in [0.1, 0.15) is 0 Å². The molecule has 0 unspecified atom stereocenters. The van der Waals surface area contributed by atoms with Crippen molar-refractivity contribution in [3.05, 3.63) is 29.8 Å². The average Bonchev–Trinajstić information content (AvgIpc) is 2.80. The zero-order chi connectivity index (χ0) is 12.5. The van der Waals surface area contributed by atoms with Crippen LogP contribution in [0.1, 0.15) is 23.2 Å². The maximum Gasteiger partial charge on any atom is 0.253 e. The molecular formula is C11H14N2O3S. The number of primary sulfonamides is 1. The number of sulfonamides is 1. The molecule has 0 bridgehead atoms. The fourth-order valence-corrected chi connectivity index (χ4v) is 2.47. The highest BCUT2D eigenvalue weighted by Crippen LogP contribution is 2.15. The summed E-state index contributed by atoms with van der Waals surface area (Å²) < 4.78 is 22.4. The van der Waals surface area contributed by atoms with E-state index in [1.165, 1.54) is 18.2 Å². The lowest BCUT2D eigenvalue weighted by atomic mass is 10.2. The van der Waals surface area contributed by atoms with Gasteiger partial charge < -0.3 is 4.90 Å². The molecule has 1 aromatic carbocycles. The third-order valence-corrected chi connectivity index (χ3v) is 3.71. The highest BCUT2D eigenvalue weighted by Gasteiger charge is 2.20. The molecule has 1 fully saturated rings. The molecule has 0 atom stereocenters. The fourth-order valence-electron chi connectivity index (χ4n) is 1.91. The summed E-state index contributed by atoms with van der Waals surface area (Å²) in [5, 5.41) is 5.03. The average molecular weight is 254 g/mol. The van der Waals surface area contributed by atoms with Gasteiger partial charge in [-0.05, 0) is 31.0 Å². The van der Waals surface area contributed by atoms with Gasteiger partial charge in [-0.1, -0.05) is 6.07 Å². The van der Waals surface area contributed by atoms with Crippen LogP contribution in [0.2, 0.25) is 0 Å². The molecule has 6 heteroatoms. The monoisotopic (exact) mass is 254 g/mol. The largest absolute Gasteiger partial charge is 0.339 e. The van der Waals surface area contributed by atoms with E-state index in [1.54, 1.807) is 11.0 Å². The fraction of sp³-hybridized carbons (Fsp3) is 0.364. The van der Waals surface area contributed by atoms with Gasteiger partial charge in [-0.2, -0.15) is 0 Å². The van der Waals surface area contributed by atoms with E-state index in [1.807, 2.05) is 0 Å². The van der Waals surface area contributed by atoms with Gasteiger partial charge in [0.2, 0.25) is 10.0 Å². The van der Waals surface area contributed by atoms with Crippen LogP contribution in [0.4, 0.5) is 0 Å². The predicted molar refractivity (Wildman–Crippen MR) is 63.0 cm³/mol. The van der Waals surface area contributed by atoms with Gasteiger partial charge in [0.05, 0.1) is 4.90 Å². The smallest absolute Gasteiger partial charge is 0.253 e. The first-order valence-corrected chi connectivity index (χ1v) is 6.95. The number of nitrogens with two attached hydrogens (primary N) is 1. The number of rotatable bonds is 2. The molecule has 5 nitrogen and oxygen atoms in total. The van der Waals surface area contributed by atoms with Gasteiger partial charge in [-0.15, -0.1) is 0 Å². The van der Waals surface area contributed by atoms with Crippen molar-refractivity contribution in [2.45, 2.75) is 17.7 Å². The zero-order valence-corrected chi connectivity index (χ0v) is 10.1. The minimum Gasteiger partial charge on any atom is -0.339 e. The Hall–Kier alpha value is -1.40. The zero-order valence-electron chi connectivity index (χ0n) is 9.30. The van der Waals surface area contributed by atoms with Crippen LogP contribution in [0, 0.1) is 0 Å². The van der Waals surface area contributed by atoms with Crippen molar-refractivity contribution in [2.75, 3.05) is 13.1 Å². The van der Waals surface area contributed by atoms with Gasteiger partial charge in [0.25, 0.3) is 5.91 Å². The van der Waals surface area contributed by atoms with Crippen LogP contribution in [0.5, 0.6) is 0 Å². The first-order chi connectivity index (χ1) is 7.98. The molecule has 1 saturated heterocycles. The molecule has 0 saturated carbocycles. The summed E-state index contributed by atoms with van der Waals surface area (Å²) in [6, 6.07) is 5.85. The third kappa shape index (κ3) is 2.65. The molecule has 2 N–H and O–H groups in total. The first-order valence-electron chi connectivity index (χ1n) is 5.40. The summed E-state index contributed by atoms with van der Waals surface area (Å²) in [6.07, 6.45) is 2.00. The lowest BCUT2D eigenvalue weighted by molar-refractivity contribution is 0.0792. The Kier molecular flexibility index (Phi) is 3.17. The van der Waals surface area contributed by atoms with Crippen molar-refractivity contribution in [3.8, 4) is 0 Å². The lowest BCUT2D eigenvalue weighted by Gasteiger charge is -2.15. The first kappa shape index (κ1) is 12.1. The van der Waals surface area contributed by atoms with E-state index in [2.05, 4.69) is 0 Å². The summed E-state index contributed by atoms with van der Waals surface area (Å²) in [5.41, 5.74) is 0.374. The Morgan fingerprint density at radius 2 is 1.88 bits per heavy atom. The van der Waals surface area contributed by atoms with Crippen molar-refractivity contribution in [2.24, 2.45) is 5.14 Å². The highest BCUT2D eigenvalue weighted by molar-refractivity contribution is 7.89. The van der Waals surface area contributed by atoms with Crippen LogP contribution in [-0.4, -0.2) is 32.3 Å². The molecule has 1 heterocycles. The van der Waals surface area contributed by atoms with Crippen LogP contribution in [0.25, 0.3) is 0 Å². The quantitative estimate of drug-likeness (QED) is 0.837. The molecule has 0 aliphatic carbocycles. The Balaban J connectivity index is 2.30. The molecule has 1 aliphatic heterocycles. The summed E-state index contributed by atoms with van der Waals surface area (Å²) >= 11 is 0. The van der Waals surface area contributed by atoms with Crippen LogP contribution >= 0.6 is 0 Å². The molecular weight excluding hydrogens is 240 g/mol. The number of likely N-dealkylation sites (tertiary alicyclic amines) is 1. The maximum absolute atomic E-state index is 12.0. The number of nitrogens with zero attached hydrogens (tertiary/aromatic N) is 1. The van der Waals surface area contributed by atoms with Gasteiger partial charge >= 0.3 is 0 Å².